The fraction of sp³-hybridized carbons (Fsp3) is 0.333. The van der Waals surface area contributed by atoms with E-state index < -0.39 is 21.1 Å². The van der Waals surface area contributed by atoms with Gasteiger partial charge >= 0.3 is 0 Å². The van der Waals surface area contributed by atoms with Crippen molar-refractivity contribution in [3.8, 4) is 0 Å². The molecule has 4 nitrogen and oxygen atoms in total. The third-order valence-electron chi connectivity index (χ3n) is 2.04. The van der Waals surface area contributed by atoms with Crippen molar-refractivity contribution in [3.05, 3.63) is 28.5 Å². The fourth-order valence-electron chi connectivity index (χ4n) is 0.953. The largest absolute Gasteiger partial charge is 0.329 e. The molecule has 1 atom stereocenters. The highest BCUT2D eigenvalue weighted by Gasteiger charge is 2.19. The number of nitrogens with one attached hydrogen (secondary N) is 1. The van der Waals surface area contributed by atoms with Gasteiger partial charge < -0.3 is 5.73 Å². The Hall–Kier alpha value is -0.660. The van der Waals surface area contributed by atoms with Crippen molar-refractivity contribution in [1.82, 2.24) is 0 Å². The van der Waals surface area contributed by atoms with Crippen LogP contribution in [0.3, 0.4) is 0 Å². The van der Waals surface area contributed by atoms with E-state index in [2.05, 4.69) is 20.7 Å². The van der Waals surface area contributed by atoms with Crippen LogP contribution in [-0.2, 0) is 10.0 Å². The molecular weight excluding hydrogens is 299 g/mol. The first-order valence-corrected chi connectivity index (χ1v) is 6.87. The van der Waals surface area contributed by atoms with Crippen LogP contribution >= 0.6 is 15.9 Å². The second-order valence-corrected chi connectivity index (χ2v) is 6.27. The highest BCUT2D eigenvalue weighted by Crippen LogP contribution is 2.24. The molecule has 1 rings (SSSR count). The standard InChI is InChI=1S/C9H12BrFN2O2S/c1-6(5-12)16(14,15)13-9-3-2-7(11)4-8(9)10/h2-4,6,13H,5,12H2,1H3. The van der Waals surface area contributed by atoms with Crippen LogP contribution in [0.25, 0.3) is 0 Å². The number of benzene rings is 1. The number of halogens is 2. The predicted molar refractivity (Wildman–Crippen MR) is 65.2 cm³/mol. The first kappa shape index (κ1) is 13.4. The lowest BCUT2D eigenvalue weighted by Crippen LogP contribution is -2.31. The van der Waals surface area contributed by atoms with Crippen LogP contribution in [0.1, 0.15) is 6.92 Å². The summed E-state index contributed by atoms with van der Waals surface area (Å²) < 4.78 is 38.8. The topological polar surface area (TPSA) is 72.2 Å². The average molecular weight is 311 g/mol. The van der Waals surface area contributed by atoms with Crippen molar-refractivity contribution >= 4 is 31.6 Å². The Labute approximate surface area is 102 Å². The quantitative estimate of drug-likeness (QED) is 0.888. The molecule has 90 valence electrons. The van der Waals surface area contributed by atoms with Gasteiger partial charge in [0.2, 0.25) is 10.0 Å². The molecule has 7 heteroatoms. The monoisotopic (exact) mass is 310 g/mol. The van der Waals surface area contributed by atoms with Crippen LogP contribution in [0.2, 0.25) is 0 Å². The summed E-state index contributed by atoms with van der Waals surface area (Å²) in [5.41, 5.74) is 5.58. The molecule has 0 amide bonds. The van der Waals surface area contributed by atoms with Gasteiger partial charge in [0.25, 0.3) is 0 Å². The Kier molecular flexibility index (Phi) is 4.28. The van der Waals surface area contributed by atoms with Crippen molar-refractivity contribution in [2.75, 3.05) is 11.3 Å². The summed E-state index contributed by atoms with van der Waals surface area (Å²) in [4.78, 5) is 0. The second kappa shape index (κ2) is 5.11. The molecule has 0 saturated heterocycles. The van der Waals surface area contributed by atoms with E-state index in [1.807, 2.05) is 0 Å². The molecule has 0 aliphatic heterocycles. The van der Waals surface area contributed by atoms with E-state index in [0.717, 1.165) is 0 Å². The van der Waals surface area contributed by atoms with Crippen LogP contribution in [0.4, 0.5) is 10.1 Å². The predicted octanol–water partition coefficient (Wildman–Crippen LogP) is 1.68. The average Bonchev–Trinajstić information content (AvgIpc) is 2.21. The number of nitrogens with two attached hydrogens (primary N) is 1. The maximum Gasteiger partial charge on any atom is 0.236 e. The lowest BCUT2D eigenvalue weighted by atomic mass is 10.3. The number of anilines is 1. The van der Waals surface area contributed by atoms with Gasteiger partial charge in [-0.1, -0.05) is 0 Å². The van der Waals surface area contributed by atoms with Crippen molar-refractivity contribution in [2.45, 2.75) is 12.2 Å². The Balaban J connectivity index is 2.97. The number of sulfonamides is 1. The van der Waals surface area contributed by atoms with E-state index in [1.165, 1.54) is 25.1 Å². The van der Waals surface area contributed by atoms with E-state index in [0.29, 0.717) is 10.2 Å². The minimum Gasteiger partial charge on any atom is -0.329 e. The van der Waals surface area contributed by atoms with Crippen LogP contribution in [0.15, 0.2) is 22.7 Å². The molecule has 0 aliphatic carbocycles. The van der Waals surface area contributed by atoms with Crippen molar-refractivity contribution in [1.29, 1.82) is 0 Å². The van der Waals surface area contributed by atoms with Crippen LogP contribution in [0.5, 0.6) is 0 Å². The van der Waals surface area contributed by atoms with Gasteiger partial charge in [0.15, 0.2) is 0 Å². The maximum absolute atomic E-state index is 12.8. The lowest BCUT2D eigenvalue weighted by Gasteiger charge is -2.13. The van der Waals surface area contributed by atoms with Crippen molar-refractivity contribution < 1.29 is 12.8 Å². The van der Waals surface area contributed by atoms with E-state index in [9.17, 15) is 12.8 Å². The van der Waals surface area contributed by atoms with E-state index in [1.54, 1.807) is 0 Å². The Bertz CT molecular complexity index is 478. The number of hydrogen-bond donors (Lipinski definition) is 2. The highest BCUT2D eigenvalue weighted by atomic mass is 79.9. The summed E-state index contributed by atoms with van der Waals surface area (Å²) >= 11 is 3.07. The minimum absolute atomic E-state index is 0.0220. The molecule has 0 aromatic heterocycles. The number of rotatable bonds is 4. The van der Waals surface area contributed by atoms with Crippen LogP contribution < -0.4 is 10.5 Å². The summed E-state index contributed by atoms with van der Waals surface area (Å²) in [5, 5.41) is -0.704. The highest BCUT2D eigenvalue weighted by molar-refractivity contribution is 9.10. The van der Waals surface area contributed by atoms with Gasteiger partial charge in [0.05, 0.1) is 10.9 Å². The fourth-order valence-corrected chi connectivity index (χ4v) is 2.47. The molecule has 0 saturated carbocycles. The van der Waals surface area contributed by atoms with Crippen molar-refractivity contribution in [3.63, 3.8) is 0 Å². The normalized spacial score (nSPS) is 13.5. The molecular formula is C9H12BrFN2O2S. The smallest absolute Gasteiger partial charge is 0.236 e. The van der Waals surface area contributed by atoms with Gasteiger partial charge in [0.1, 0.15) is 5.82 Å². The molecule has 3 N–H and O–H groups in total. The molecule has 0 heterocycles. The van der Waals surface area contributed by atoms with Gasteiger partial charge in [-0.3, -0.25) is 4.72 Å². The van der Waals surface area contributed by atoms with Crippen LogP contribution in [0, 0.1) is 5.82 Å². The summed E-state index contributed by atoms with van der Waals surface area (Å²) in [6, 6.07) is 3.71. The van der Waals surface area contributed by atoms with Gasteiger partial charge in [-0.05, 0) is 41.1 Å². The summed E-state index contributed by atoms with van der Waals surface area (Å²) in [6.07, 6.45) is 0. The lowest BCUT2D eigenvalue weighted by molar-refractivity contribution is 0.589. The molecule has 16 heavy (non-hydrogen) atoms. The van der Waals surface area contributed by atoms with E-state index in [4.69, 9.17) is 5.73 Å². The third-order valence-corrected chi connectivity index (χ3v) is 4.46. The first-order valence-electron chi connectivity index (χ1n) is 4.53. The summed E-state index contributed by atoms with van der Waals surface area (Å²) in [5.74, 6) is -0.443. The molecule has 0 radical (unpaired) electrons. The van der Waals surface area contributed by atoms with E-state index in [-0.39, 0.29) is 6.54 Å². The first-order chi connectivity index (χ1) is 7.36. The van der Waals surface area contributed by atoms with Gasteiger partial charge in [0, 0.05) is 11.0 Å². The molecule has 0 bridgehead atoms. The zero-order valence-corrected chi connectivity index (χ0v) is 11.0. The molecule has 0 spiro atoms. The maximum atomic E-state index is 12.8. The Morgan fingerprint density at radius 2 is 2.19 bits per heavy atom. The summed E-state index contributed by atoms with van der Waals surface area (Å²) in [6.45, 7) is 1.52. The minimum atomic E-state index is -3.53. The second-order valence-electron chi connectivity index (χ2n) is 3.32. The van der Waals surface area contributed by atoms with E-state index >= 15 is 0 Å². The zero-order valence-electron chi connectivity index (χ0n) is 8.57. The Morgan fingerprint density at radius 1 is 1.56 bits per heavy atom. The molecule has 1 unspecified atom stereocenters. The zero-order chi connectivity index (χ0) is 12.3. The number of hydrogen-bond acceptors (Lipinski definition) is 3. The third kappa shape index (κ3) is 3.16. The molecule has 0 aliphatic rings. The van der Waals surface area contributed by atoms with Crippen molar-refractivity contribution in [2.24, 2.45) is 5.73 Å². The molecule has 1 aromatic carbocycles. The Morgan fingerprint density at radius 3 is 2.69 bits per heavy atom. The summed E-state index contributed by atoms with van der Waals surface area (Å²) in [7, 11) is -3.53. The van der Waals surface area contributed by atoms with Gasteiger partial charge in [-0.25, -0.2) is 12.8 Å². The SMILES string of the molecule is CC(CN)S(=O)(=O)Nc1ccc(F)cc1Br. The van der Waals surface area contributed by atoms with Crippen LogP contribution in [-0.4, -0.2) is 20.2 Å². The molecule has 0 fully saturated rings. The van der Waals surface area contributed by atoms with Gasteiger partial charge in [-0.2, -0.15) is 0 Å². The van der Waals surface area contributed by atoms with Gasteiger partial charge in [-0.15, -0.1) is 0 Å². The molecule has 1 aromatic rings.